The molecule has 26 heavy (non-hydrogen) atoms. The highest BCUT2D eigenvalue weighted by Crippen LogP contribution is 2.27. The number of halogens is 2. The zero-order valence-electron chi connectivity index (χ0n) is 13.3. The highest BCUT2D eigenvalue weighted by molar-refractivity contribution is 6.35. The summed E-state index contributed by atoms with van der Waals surface area (Å²) in [6.07, 6.45) is 1.61. The topological polar surface area (TPSA) is 79.9 Å². The van der Waals surface area contributed by atoms with E-state index in [0.717, 1.165) is 0 Å². The molecule has 1 aromatic heterocycles. The zero-order chi connectivity index (χ0) is 18.5. The molecule has 0 bridgehead atoms. The van der Waals surface area contributed by atoms with Crippen molar-refractivity contribution in [2.45, 2.75) is 6.73 Å². The number of nitriles is 1. The van der Waals surface area contributed by atoms with Crippen LogP contribution in [0.5, 0.6) is 5.75 Å². The summed E-state index contributed by atoms with van der Waals surface area (Å²) in [6, 6.07) is 15.2. The van der Waals surface area contributed by atoms with Gasteiger partial charge in [0.2, 0.25) is 0 Å². The van der Waals surface area contributed by atoms with Crippen LogP contribution in [-0.2, 0) is 6.73 Å². The van der Waals surface area contributed by atoms with Crippen molar-refractivity contribution in [3.63, 3.8) is 0 Å². The van der Waals surface area contributed by atoms with E-state index in [-0.39, 0.29) is 12.4 Å². The Morgan fingerprint density at radius 1 is 1.23 bits per heavy atom. The number of rotatable bonds is 5. The van der Waals surface area contributed by atoms with Crippen LogP contribution in [-0.4, -0.2) is 15.7 Å². The third-order valence-electron chi connectivity index (χ3n) is 3.42. The van der Waals surface area contributed by atoms with Crippen molar-refractivity contribution >= 4 is 34.8 Å². The van der Waals surface area contributed by atoms with Gasteiger partial charge in [0, 0.05) is 11.2 Å². The lowest BCUT2D eigenvalue weighted by Crippen LogP contribution is -2.15. The van der Waals surface area contributed by atoms with Gasteiger partial charge in [0.05, 0.1) is 16.3 Å². The van der Waals surface area contributed by atoms with E-state index < -0.39 is 5.91 Å². The molecular formula is C18H12Cl2N4O2. The molecular weight excluding hydrogens is 375 g/mol. The van der Waals surface area contributed by atoms with Gasteiger partial charge in [0.15, 0.2) is 12.4 Å². The number of amides is 1. The molecule has 0 spiro atoms. The summed E-state index contributed by atoms with van der Waals surface area (Å²) in [7, 11) is 0. The van der Waals surface area contributed by atoms with E-state index >= 15 is 0 Å². The standard InChI is InChI=1S/C18H12Cl2N4O2/c19-13-5-6-17(14(20)9-13)26-11-24-8-7-16(23-24)18(25)22-15-4-2-1-3-12(15)10-21/h1-9H,11H2,(H,22,25). The summed E-state index contributed by atoms with van der Waals surface area (Å²) in [4.78, 5) is 12.3. The number of aromatic nitrogens is 2. The molecule has 1 amide bonds. The second-order valence-electron chi connectivity index (χ2n) is 5.20. The lowest BCUT2D eigenvalue weighted by molar-refractivity contribution is 0.102. The summed E-state index contributed by atoms with van der Waals surface area (Å²) < 4.78 is 7.02. The van der Waals surface area contributed by atoms with E-state index in [9.17, 15) is 4.79 Å². The number of carbonyl (C=O) groups excluding carboxylic acids is 1. The average Bonchev–Trinajstić information content (AvgIpc) is 3.10. The van der Waals surface area contributed by atoms with Crippen LogP contribution < -0.4 is 10.1 Å². The number of ether oxygens (including phenoxy) is 1. The van der Waals surface area contributed by atoms with Gasteiger partial charge in [-0.25, -0.2) is 4.68 Å². The van der Waals surface area contributed by atoms with Gasteiger partial charge >= 0.3 is 0 Å². The third kappa shape index (κ3) is 4.14. The quantitative estimate of drug-likeness (QED) is 0.706. The SMILES string of the molecule is N#Cc1ccccc1NC(=O)c1ccn(COc2ccc(Cl)cc2Cl)n1. The maximum atomic E-state index is 12.3. The average molecular weight is 387 g/mol. The van der Waals surface area contributed by atoms with Crippen LogP contribution in [0.4, 0.5) is 5.69 Å². The van der Waals surface area contributed by atoms with E-state index in [4.69, 9.17) is 33.2 Å². The van der Waals surface area contributed by atoms with Gasteiger partial charge in [-0.2, -0.15) is 10.4 Å². The summed E-state index contributed by atoms with van der Waals surface area (Å²) in [5.74, 6) is 0.0384. The van der Waals surface area contributed by atoms with Crippen molar-refractivity contribution in [2.75, 3.05) is 5.32 Å². The summed E-state index contributed by atoms with van der Waals surface area (Å²) in [5, 5.41) is 16.8. The fourth-order valence-corrected chi connectivity index (χ4v) is 2.62. The van der Waals surface area contributed by atoms with Crippen LogP contribution >= 0.6 is 23.2 Å². The Bertz CT molecular complexity index is 995. The monoisotopic (exact) mass is 386 g/mol. The smallest absolute Gasteiger partial charge is 0.276 e. The third-order valence-corrected chi connectivity index (χ3v) is 3.95. The molecule has 3 rings (SSSR count). The van der Waals surface area contributed by atoms with E-state index in [1.54, 1.807) is 54.7 Å². The minimum Gasteiger partial charge on any atom is -0.470 e. The van der Waals surface area contributed by atoms with Gasteiger partial charge < -0.3 is 10.1 Å². The van der Waals surface area contributed by atoms with Gasteiger partial charge in [-0.15, -0.1) is 0 Å². The van der Waals surface area contributed by atoms with Gasteiger partial charge in [0.1, 0.15) is 11.8 Å². The summed E-state index contributed by atoms with van der Waals surface area (Å²) in [5.41, 5.74) is 1.00. The van der Waals surface area contributed by atoms with Crippen LogP contribution in [0.25, 0.3) is 0 Å². The van der Waals surface area contributed by atoms with Crippen LogP contribution in [0.15, 0.2) is 54.7 Å². The van der Waals surface area contributed by atoms with Crippen molar-refractivity contribution in [1.29, 1.82) is 5.26 Å². The van der Waals surface area contributed by atoms with Crippen LogP contribution in [0.3, 0.4) is 0 Å². The molecule has 1 N–H and O–H groups in total. The van der Waals surface area contributed by atoms with Crippen LogP contribution in [0, 0.1) is 11.3 Å². The number of para-hydroxylation sites is 1. The Morgan fingerprint density at radius 2 is 2.04 bits per heavy atom. The normalized spacial score (nSPS) is 10.2. The van der Waals surface area contributed by atoms with Crippen molar-refractivity contribution in [3.8, 4) is 11.8 Å². The Balaban J connectivity index is 1.65. The predicted molar refractivity (Wildman–Crippen MR) is 98.4 cm³/mol. The molecule has 2 aromatic carbocycles. The Hall–Kier alpha value is -3.01. The number of hydrogen-bond acceptors (Lipinski definition) is 4. The second kappa shape index (κ2) is 7.91. The number of hydrogen-bond donors (Lipinski definition) is 1. The Kier molecular flexibility index (Phi) is 5.42. The molecule has 0 radical (unpaired) electrons. The Morgan fingerprint density at radius 3 is 2.81 bits per heavy atom. The van der Waals surface area contributed by atoms with Crippen molar-refractivity contribution in [2.24, 2.45) is 0 Å². The highest BCUT2D eigenvalue weighted by atomic mass is 35.5. The van der Waals surface area contributed by atoms with Crippen LogP contribution in [0.1, 0.15) is 16.1 Å². The molecule has 0 aliphatic carbocycles. The summed E-state index contributed by atoms with van der Waals surface area (Å²) in [6.45, 7) is 0.0728. The first-order valence-corrected chi connectivity index (χ1v) is 8.24. The van der Waals surface area contributed by atoms with Crippen molar-refractivity contribution in [1.82, 2.24) is 9.78 Å². The molecule has 0 atom stereocenters. The van der Waals surface area contributed by atoms with Crippen LogP contribution in [0.2, 0.25) is 10.0 Å². The fourth-order valence-electron chi connectivity index (χ4n) is 2.16. The van der Waals surface area contributed by atoms with Gasteiger partial charge in [-0.1, -0.05) is 35.3 Å². The number of anilines is 1. The number of nitrogens with zero attached hydrogens (tertiary/aromatic N) is 3. The summed E-state index contributed by atoms with van der Waals surface area (Å²) >= 11 is 11.9. The minimum atomic E-state index is -0.420. The molecule has 0 unspecified atom stereocenters. The molecule has 6 nitrogen and oxygen atoms in total. The van der Waals surface area contributed by atoms with E-state index in [2.05, 4.69) is 10.4 Å². The van der Waals surface area contributed by atoms with Gasteiger partial charge in [0.25, 0.3) is 5.91 Å². The number of nitrogens with one attached hydrogen (secondary N) is 1. The molecule has 0 saturated heterocycles. The molecule has 130 valence electrons. The minimum absolute atomic E-state index is 0.0728. The molecule has 3 aromatic rings. The molecule has 8 heteroatoms. The lowest BCUT2D eigenvalue weighted by Gasteiger charge is -2.08. The maximum Gasteiger partial charge on any atom is 0.276 e. The van der Waals surface area contributed by atoms with Crippen molar-refractivity contribution in [3.05, 3.63) is 76.0 Å². The first kappa shape index (κ1) is 17.8. The fraction of sp³-hybridized carbons (Fsp3) is 0.0556. The molecule has 0 fully saturated rings. The molecule has 0 aliphatic heterocycles. The first-order valence-electron chi connectivity index (χ1n) is 7.48. The predicted octanol–water partition coefficient (Wildman–Crippen LogP) is 4.35. The van der Waals surface area contributed by atoms with Crippen molar-refractivity contribution < 1.29 is 9.53 Å². The van der Waals surface area contributed by atoms with Gasteiger partial charge in [-0.05, 0) is 36.4 Å². The Labute approximate surface area is 159 Å². The lowest BCUT2D eigenvalue weighted by atomic mass is 10.2. The number of carbonyl (C=O) groups is 1. The highest BCUT2D eigenvalue weighted by Gasteiger charge is 2.12. The molecule has 0 saturated carbocycles. The second-order valence-corrected chi connectivity index (χ2v) is 6.04. The zero-order valence-corrected chi connectivity index (χ0v) is 14.8. The van der Waals surface area contributed by atoms with Gasteiger partial charge in [-0.3, -0.25) is 4.79 Å². The van der Waals surface area contributed by atoms with E-state index in [1.165, 1.54) is 4.68 Å². The molecule has 1 heterocycles. The number of benzene rings is 2. The van der Waals surface area contributed by atoms with E-state index in [0.29, 0.717) is 27.0 Å². The largest absolute Gasteiger partial charge is 0.470 e. The molecule has 0 aliphatic rings. The maximum absolute atomic E-state index is 12.3. The van der Waals surface area contributed by atoms with E-state index in [1.807, 2.05) is 6.07 Å². The first-order chi connectivity index (χ1) is 12.6.